The van der Waals surface area contributed by atoms with Gasteiger partial charge in [0.2, 0.25) is 5.95 Å². The predicted octanol–water partition coefficient (Wildman–Crippen LogP) is 0.657. The number of H-pyrrole nitrogens is 1. The second-order valence-corrected chi connectivity index (χ2v) is 7.82. The Morgan fingerprint density at radius 1 is 1.22 bits per heavy atom. The predicted molar refractivity (Wildman–Crippen MR) is 118 cm³/mol. The number of alkyl halides is 2. The molecule has 4 amide bonds. The number of benzene rings is 1. The van der Waals surface area contributed by atoms with E-state index >= 15 is 8.78 Å². The van der Waals surface area contributed by atoms with Gasteiger partial charge < -0.3 is 20.7 Å². The third-order valence-corrected chi connectivity index (χ3v) is 5.34. The van der Waals surface area contributed by atoms with Gasteiger partial charge in [0, 0.05) is 25.2 Å². The molecule has 4 rings (SSSR count). The van der Waals surface area contributed by atoms with Crippen molar-refractivity contribution < 1.29 is 41.5 Å². The summed E-state index contributed by atoms with van der Waals surface area (Å²) in [4.78, 5) is 46.9. The van der Waals surface area contributed by atoms with E-state index in [0.29, 0.717) is 0 Å². The van der Waals surface area contributed by atoms with Crippen molar-refractivity contribution in [2.45, 2.75) is 12.5 Å². The smallest absolute Gasteiger partial charge is 0.414 e. The van der Waals surface area contributed by atoms with Crippen molar-refractivity contribution in [3.05, 3.63) is 23.8 Å². The largest absolute Gasteiger partial charge is 0.442 e. The molecule has 200 valence electrons. The number of urea groups is 1. The number of carbonyl (C=O) groups is 3. The van der Waals surface area contributed by atoms with Gasteiger partial charge in [0.15, 0.2) is 11.6 Å². The summed E-state index contributed by atoms with van der Waals surface area (Å²) in [6.45, 7) is -0.753. The van der Waals surface area contributed by atoms with E-state index in [1.165, 1.54) is 4.90 Å². The van der Waals surface area contributed by atoms with E-state index in [4.69, 9.17) is 15.3 Å². The number of carbonyl (C=O) groups excluding carboxylic acids is 3. The van der Waals surface area contributed by atoms with Crippen LogP contribution in [0.1, 0.15) is 0 Å². The summed E-state index contributed by atoms with van der Waals surface area (Å²) in [6, 6.07) is 1.12. The van der Waals surface area contributed by atoms with E-state index in [2.05, 4.69) is 20.5 Å². The number of hydroxylamine groups is 2. The summed E-state index contributed by atoms with van der Waals surface area (Å²) in [5, 5.41) is 11.2. The number of rotatable bonds is 6. The molecule has 37 heavy (non-hydrogen) atoms. The maximum absolute atomic E-state index is 15.0. The van der Waals surface area contributed by atoms with Crippen LogP contribution in [0.3, 0.4) is 0 Å². The molecule has 0 saturated carbocycles. The molecular weight excluding hydrogens is 510 g/mol. The highest BCUT2D eigenvalue weighted by molar-refractivity contribution is 5.90. The first-order chi connectivity index (χ1) is 17.6. The normalized spacial score (nSPS) is 18.1. The molecule has 1 aromatic carbocycles. The summed E-state index contributed by atoms with van der Waals surface area (Å²) in [6.07, 6.45) is -5.18. The maximum Gasteiger partial charge on any atom is 0.414 e. The van der Waals surface area contributed by atoms with E-state index in [9.17, 15) is 23.2 Å². The molecule has 2 aromatic rings. The van der Waals surface area contributed by atoms with Crippen LogP contribution in [-0.2, 0) is 14.4 Å². The Morgan fingerprint density at radius 3 is 2.59 bits per heavy atom. The first-order valence-electron chi connectivity index (χ1n) is 10.8. The molecule has 3 heterocycles. The summed E-state index contributed by atoms with van der Waals surface area (Å²) < 4.78 is 59.7. The molecule has 2 fully saturated rings. The van der Waals surface area contributed by atoms with Crippen LogP contribution in [0, 0.1) is 11.6 Å². The first kappa shape index (κ1) is 25.7. The molecule has 0 bridgehead atoms. The Kier molecular flexibility index (Phi) is 7.46. The topological polar surface area (TPSA) is 171 Å². The number of aromatic amines is 1. The average Bonchev–Trinajstić information content (AvgIpc) is 3.32. The van der Waals surface area contributed by atoms with Gasteiger partial charge in [-0.25, -0.2) is 28.5 Å². The number of cyclic esters (lactones) is 1. The van der Waals surface area contributed by atoms with E-state index in [0.717, 1.165) is 22.1 Å². The lowest BCUT2D eigenvalue weighted by Gasteiger charge is -2.24. The highest BCUT2D eigenvalue weighted by atomic mass is 19.3. The number of aromatic nitrogens is 3. The average molecular weight is 531 g/mol. The lowest BCUT2D eigenvalue weighted by molar-refractivity contribution is -0.132. The van der Waals surface area contributed by atoms with Gasteiger partial charge in [0.1, 0.15) is 11.8 Å². The fourth-order valence-electron chi connectivity index (χ4n) is 3.66. The number of ether oxygens (including phenoxy) is 1. The van der Waals surface area contributed by atoms with Gasteiger partial charge in [-0.2, -0.15) is 13.8 Å². The minimum Gasteiger partial charge on any atom is -0.442 e. The van der Waals surface area contributed by atoms with Crippen LogP contribution in [0.2, 0.25) is 0 Å². The Labute approximate surface area is 205 Å². The number of hydrogen-bond acceptors (Lipinski definition) is 9. The van der Waals surface area contributed by atoms with Crippen LogP contribution in [0.5, 0.6) is 0 Å². The molecule has 14 nitrogen and oxygen atoms in total. The molecule has 2 aliphatic rings. The van der Waals surface area contributed by atoms with Crippen molar-refractivity contribution in [2.24, 2.45) is 0 Å². The van der Waals surface area contributed by atoms with Crippen LogP contribution < -0.4 is 26.2 Å². The van der Waals surface area contributed by atoms with Crippen molar-refractivity contribution >= 4 is 41.3 Å². The zero-order valence-corrected chi connectivity index (χ0v) is 18.9. The van der Waals surface area contributed by atoms with E-state index in [1.807, 2.05) is 5.32 Å². The van der Waals surface area contributed by atoms with Crippen molar-refractivity contribution in [3.63, 3.8) is 0 Å². The lowest BCUT2D eigenvalue weighted by Crippen LogP contribution is -2.38. The number of nitrogens with two attached hydrogens (primary N) is 1. The van der Waals surface area contributed by atoms with Gasteiger partial charge in [-0.3, -0.25) is 19.8 Å². The summed E-state index contributed by atoms with van der Waals surface area (Å²) in [5.74, 6) is -3.61. The van der Waals surface area contributed by atoms with Gasteiger partial charge >= 0.3 is 18.5 Å². The molecule has 2 saturated heterocycles. The number of halogens is 4. The second kappa shape index (κ2) is 10.7. The van der Waals surface area contributed by atoms with E-state index < -0.39 is 54.4 Å². The summed E-state index contributed by atoms with van der Waals surface area (Å²) in [5.41, 5.74) is 4.83. The van der Waals surface area contributed by atoms with Crippen LogP contribution in [0.4, 0.5) is 50.4 Å². The zero-order chi connectivity index (χ0) is 26.7. The van der Waals surface area contributed by atoms with Gasteiger partial charge in [-0.1, -0.05) is 0 Å². The molecule has 0 aliphatic carbocycles. The molecule has 0 radical (unpaired) electrons. The number of hydrogen-bond donors (Lipinski definition) is 4. The fourth-order valence-corrected chi connectivity index (χ4v) is 3.66. The minimum absolute atomic E-state index is 0.00555. The molecule has 0 unspecified atom stereocenters. The molecular formula is C19H21F4N9O5. The molecule has 1 aromatic heterocycles. The molecule has 5 N–H and O–H groups in total. The minimum atomic E-state index is -3.23. The lowest BCUT2D eigenvalue weighted by atomic mass is 10.2. The monoisotopic (exact) mass is 531 g/mol. The molecule has 1 atom stereocenters. The highest BCUT2D eigenvalue weighted by Crippen LogP contribution is 2.31. The number of nitrogens with one attached hydrogen (secondary N) is 3. The van der Waals surface area contributed by atoms with Crippen molar-refractivity contribution in [1.82, 2.24) is 25.6 Å². The van der Waals surface area contributed by atoms with Gasteiger partial charge in [0.05, 0.1) is 31.9 Å². The van der Waals surface area contributed by atoms with Crippen molar-refractivity contribution in [2.75, 3.05) is 60.2 Å². The van der Waals surface area contributed by atoms with Crippen molar-refractivity contribution in [1.29, 1.82) is 0 Å². The summed E-state index contributed by atoms with van der Waals surface area (Å²) >= 11 is 0. The zero-order valence-electron chi connectivity index (χ0n) is 18.9. The third-order valence-electron chi connectivity index (χ3n) is 5.34. The summed E-state index contributed by atoms with van der Waals surface area (Å²) in [7, 11) is 0. The number of amides is 4. The first-order valence-corrected chi connectivity index (χ1v) is 10.8. The molecule has 2 aliphatic heterocycles. The fraction of sp³-hybridized carbons (Fsp3) is 0.421. The van der Waals surface area contributed by atoms with Crippen molar-refractivity contribution in [3.8, 4) is 0 Å². The second-order valence-electron chi connectivity index (χ2n) is 7.82. The van der Waals surface area contributed by atoms with Gasteiger partial charge in [-0.15, -0.1) is 5.10 Å². The van der Waals surface area contributed by atoms with Gasteiger partial charge in [0.25, 0.3) is 11.9 Å². The maximum atomic E-state index is 15.0. The molecule has 0 spiro atoms. The Hall–Kier alpha value is -4.35. The number of nitrogens with zero attached hydrogens (tertiary/aromatic N) is 5. The van der Waals surface area contributed by atoms with Crippen LogP contribution in [-0.4, -0.2) is 90.1 Å². The standard InChI is InChI=1S/C19H21F4N9O5/c20-11-5-9(31-8-10(37-19(31)35)7-25-15(33)14(22)23)6-12(21)13(11)30-1-2-32(36-4-3-30)18(34)27-17-26-16(24)28-29-17/h5-6,10,14H,1-4,7-8H2,(H,25,33)(H4,24,26,27,28,29,34)/t10-/m0/s1. The van der Waals surface area contributed by atoms with E-state index in [1.54, 1.807) is 0 Å². The number of anilines is 4. The van der Waals surface area contributed by atoms with Crippen LogP contribution >= 0.6 is 0 Å². The quantitative estimate of drug-likeness (QED) is 0.391. The van der Waals surface area contributed by atoms with E-state index in [-0.39, 0.29) is 50.4 Å². The van der Waals surface area contributed by atoms with Crippen LogP contribution in [0.15, 0.2) is 12.1 Å². The molecule has 18 heteroatoms. The number of nitrogen functional groups attached to an aromatic ring is 1. The SMILES string of the molecule is Nc1nc(NC(=O)N2CCN(c3c(F)cc(N4C[C@H](CNC(=O)C(F)F)OC4=O)cc3F)CCO2)n[nH]1. The third kappa shape index (κ3) is 5.90. The van der Waals surface area contributed by atoms with Gasteiger partial charge in [-0.05, 0) is 0 Å². The Morgan fingerprint density at radius 2 is 1.95 bits per heavy atom. The van der Waals surface area contributed by atoms with Crippen LogP contribution in [0.25, 0.3) is 0 Å². The highest BCUT2D eigenvalue weighted by Gasteiger charge is 2.34. The Bertz CT molecular complexity index is 1160. The Balaban J connectivity index is 1.39.